The Kier molecular flexibility index (Phi) is 4.93. The van der Waals surface area contributed by atoms with Gasteiger partial charge in [0.15, 0.2) is 0 Å². The third kappa shape index (κ3) is 2.93. The Morgan fingerprint density at radius 3 is 1.89 bits per heavy atom. The fourth-order valence-electron chi connectivity index (χ4n) is 4.85. The standard InChI is InChI=1S/C15H26Br2N2/c16-10-2-4-12-13-5-3-11(17)9-15(13)19(7-1-6-18)14(12)8-10/h10-15H,1-9,18H2. The van der Waals surface area contributed by atoms with E-state index < -0.39 is 0 Å². The summed E-state index contributed by atoms with van der Waals surface area (Å²) in [5.74, 6) is 1.94. The smallest absolute Gasteiger partial charge is 0.0160 e. The predicted octanol–water partition coefficient (Wildman–Crippen LogP) is 3.52. The van der Waals surface area contributed by atoms with E-state index in [2.05, 4.69) is 36.8 Å². The van der Waals surface area contributed by atoms with Gasteiger partial charge < -0.3 is 5.73 Å². The quantitative estimate of drug-likeness (QED) is 0.743. The summed E-state index contributed by atoms with van der Waals surface area (Å²) in [6, 6.07) is 1.66. The van der Waals surface area contributed by atoms with Crippen LogP contribution in [0, 0.1) is 11.8 Å². The van der Waals surface area contributed by atoms with Crippen molar-refractivity contribution in [2.45, 2.75) is 66.7 Å². The van der Waals surface area contributed by atoms with Gasteiger partial charge in [0.25, 0.3) is 0 Å². The topological polar surface area (TPSA) is 29.3 Å². The first-order chi connectivity index (χ1) is 9.20. The minimum Gasteiger partial charge on any atom is -0.330 e. The SMILES string of the molecule is NCCCN1C2CC(Br)CCC2C2CCC(Br)CC21. The normalized spacial score (nSPS) is 46.9. The molecule has 4 heteroatoms. The third-order valence-corrected chi connectivity index (χ3v) is 7.30. The highest BCUT2D eigenvalue weighted by Crippen LogP contribution is 2.50. The minimum atomic E-state index is 0.744. The first-order valence-electron chi connectivity index (χ1n) is 7.94. The summed E-state index contributed by atoms with van der Waals surface area (Å²) >= 11 is 7.74. The van der Waals surface area contributed by atoms with Crippen molar-refractivity contribution >= 4 is 31.9 Å². The average molecular weight is 394 g/mol. The highest BCUT2D eigenvalue weighted by molar-refractivity contribution is 9.09. The molecule has 3 fully saturated rings. The van der Waals surface area contributed by atoms with E-state index >= 15 is 0 Å². The number of nitrogens with two attached hydrogens (primary N) is 1. The van der Waals surface area contributed by atoms with Crippen LogP contribution in [0.15, 0.2) is 0 Å². The molecule has 19 heavy (non-hydrogen) atoms. The van der Waals surface area contributed by atoms with Crippen LogP contribution in [0.4, 0.5) is 0 Å². The van der Waals surface area contributed by atoms with Gasteiger partial charge in [-0.1, -0.05) is 31.9 Å². The van der Waals surface area contributed by atoms with E-state index in [1.54, 1.807) is 0 Å². The van der Waals surface area contributed by atoms with Crippen molar-refractivity contribution in [2.24, 2.45) is 17.6 Å². The molecule has 0 amide bonds. The van der Waals surface area contributed by atoms with Crippen molar-refractivity contribution in [1.29, 1.82) is 0 Å². The largest absolute Gasteiger partial charge is 0.330 e. The number of halogens is 2. The van der Waals surface area contributed by atoms with Gasteiger partial charge in [0.05, 0.1) is 0 Å². The van der Waals surface area contributed by atoms with Crippen LogP contribution in [0.1, 0.15) is 44.9 Å². The van der Waals surface area contributed by atoms with E-state index in [0.717, 1.165) is 46.5 Å². The van der Waals surface area contributed by atoms with Crippen LogP contribution in [0.25, 0.3) is 0 Å². The number of fused-ring (bicyclic) bond motifs is 3. The fourth-order valence-corrected chi connectivity index (χ4v) is 6.15. The summed E-state index contributed by atoms with van der Waals surface area (Å²) < 4.78 is 0. The lowest BCUT2D eigenvalue weighted by molar-refractivity contribution is 0.142. The van der Waals surface area contributed by atoms with Crippen molar-refractivity contribution < 1.29 is 0 Å². The van der Waals surface area contributed by atoms with Crippen LogP contribution in [0.3, 0.4) is 0 Å². The number of nitrogens with zero attached hydrogens (tertiary/aromatic N) is 1. The van der Waals surface area contributed by atoms with E-state index in [4.69, 9.17) is 5.73 Å². The molecule has 0 spiro atoms. The second-order valence-electron chi connectivity index (χ2n) is 6.66. The van der Waals surface area contributed by atoms with Crippen LogP contribution in [-0.4, -0.2) is 39.7 Å². The molecule has 2 aliphatic carbocycles. The molecule has 0 aromatic heterocycles. The van der Waals surface area contributed by atoms with E-state index in [1.807, 2.05) is 0 Å². The molecule has 0 bridgehead atoms. The number of hydrogen-bond donors (Lipinski definition) is 1. The maximum Gasteiger partial charge on any atom is 0.0160 e. The summed E-state index contributed by atoms with van der Waals surface area (Å²) in [4.78, 5) is 4.34. The lowest BCUT2D eigenvalue weighted by Crippen LogP contribution is -2.43. The summed E-state index contributed by atoms with van der Waals surface area (Å²) in [5.41, 5.74) is 5.75. The Balaban J connectivity index is 1.77. The molecular formula is C15H26Br2N2. The van der Waals surface area contributed by atoms with Gasteiger partial charge in [-0.2, -0.15) is 0 Å². The van der Waals surface area contributed by atoms with Crippen molar-refractivity contribution in [3.63, 3.8) is 0 Å². The molecule has 0 aromatic carbocycles. The van der Waals surface area contributed by atoms with Gasteiger partial charge in [0.1, 0.15) is 0 Å². The van der Waals surface area contributed by atoms with Crippen LogP contribution in [0.5, 0.6) is 0 Å². The first kappa shape index (κ1) is 14.8. The molecule has 1 aliphatic heterocycles. The van der Waals surface area contributed by atoms with Gasteiger partial charge in [0, 0.05) is 21.7 Å². The molecule has 0 aromatic rings. The van der Waals surface area contributed by atoms with Gasteiger partial charge in [-0.05, 0) is 69.9 Å². The summed E-state index contributed by atoms with van der Waals surface area (Å²) in [5, 5.41) is 0. The van der Waals surface area contributed by atoms with Crippen molar-refractivity contribution in [2.75, 3.05) is 13.1 Å². The van der Waals surface area contributed by atoms with E-state index in [0.29, 0.717) is 0 Å². The summed E-state index contributed by atoms with van der Waals surface area (Å²) in [6.07, 6.45) is 9.51. The zero-order valence-electron chi connectivity index (χ0n) is 11.6. The Hall–Kier alpha value is 0.880. The zero-order chi connectivity index (χ0) is 13.4. The van der Waals surface area contributed by atoms with Crippen LogP contribution < -0.4 is 5.73 Å². The molecule has 2 nitrogen and oxygen atoms in total. The second kappa shape index (κ2) is 6.33. The Morgan fingerprint density at radius 1 is 0.895 bits per heavy atom. The molecule has 2 saturated carbocycles. The molecule has 6 unspecified atom stereocenters. The van der Waals surface area contributed by atoms with Gasteiger partial charge in [-0.3, -0.25) is 4.90 Å². The summed E-state index contributed by atoms with van der Waals surface area (Å²) in [7, 11) is 0. The summed E-state index contributed by atoms with van der Waals surface area (Å²) in [6.45, 7) is 2.05. The lowest BCUT2D eigenvalue weighted by atomic mass is 9.73. The average Bonchev–Trinajstić information content (AvgIpc) is 2.68. The van der Waals surface area contributed by atoms with Gasteiger partial charge >= 0.3 is 0 Å². The monoisotopic (exact) mass is 392 g/mol. The third-order valence-electron chi connectivity index (χ3n) is 5.63. The Bertz CT molecular complexity index is 287. The number of rotatable bonds is 3. The Labute approximate surface area is 134 Å². The van der Waals surface area contributed by atoms with Gasteiger partial charge in [0.2, 0.25) is 0 Å². The van der Waals surface area contributed by atoms with E-state index in [1.165, 1.54) is 45.1 Å². The predicted molar refractivity (Wildman–Crippen MR) is 88.1 cm³/mol. The zero-order valence-corrected chi connectivity index (χ0v) is 14.8. The molecule has 1 saturated heterocycles. The molecule has 110 valence electrons. The Morgan fingerprint density at radius 2 is 1.42 bits per heavy atom. The highest BCUT2D eigenvalue weighted by Gasteiger charge is 2.51. The molecule has 0 radical (unpaired) electrons. The fraction of sp³-hybridized carbons (Fsp3) is 1.00. The molecule has 2 N–H and O–H groups in total. The first-order valence-corrected chi connectivity index (χ1v) is 9.77. The highest BCUT2D eigenvalue weighted by atomic mass is 79.9. The van der Waals surface area contributed by atoms with Crippen LogP contribution in [-0.2, 0) is 0 Å². The maximum atomic E-state index is 5.75. The van der Waals surface area contributed by atoms with Crippen LogP contribution >= 0.6 is 31.9 Å². The molecule has 3 rings (SSSR count). The van der Waals surface area contributed by atoms with E-state index in [-0.39, 0.29) is 0 Å². The van der Waals surface area contributed by atoms with Crippen molar-refractivity contribution in [3.05, 3.63) is 0 Å². The van der Waals surface area contributed by atoms with Crippen LogP contribution in [0.2, 0.25) is 0 Å². The molecule has 6 atom stereocenters. The number of likely N-dealkylation sites (tertiary alicyclic amines) is 1. The molecule has 3 aliphatic rings. The number of hydrogen-bond acceptors (Lipinski definition) is 2. The molecular weight excluding hydrogens is 368 g/mol. The number of alkyl halides is 2. The second-order valence-corrected chi connectivity index (χ2v) is 9.25. The van der Waals surface area contributed by atoms with Crippen molar-refractivity contribution in [3.8, 4) is 0 Å². The maximum absolute atomic E-state index is 5.75. The van der Waals surface area contributed by atoms with Gasteiger partial charge in [-0.25, -0.2) is 0 Å². The minimum absolute atomic E-state index is 0.744. The lowest BCUT2D eigenvalue weighted by Gasteiger charge is -2.36. The van der Waals surface area contributed by atoms with Crippen molar-refractivity contribution in [1.82, 2.24) is 4.90 Å². The molecule has 1 heterocycles. The van der Waals surface area contributed by atoms with E-state index in [9.17, 15) is 0 Å². The van der Waals surface area contributed by atoms with Gasteiger partial charge in [-0.15, -0.1) is 0 Å².